The van der Waals surface area contributed by atoms with E-state index in [2.05, 4.69) is 0 Å². The predicted molar refractivity (Wildman–Crippen MR) is 133 cm³/mol. The first-order valence-electron chi connectivity index (χ1n) is 12.0. The smallest absolute Gasteiger partial charge is 0.303 e. The third kappa shape index (κ3) is 7.46. The highest BCUT2D eigenvalue weighted by Gasteiger charge is 2.48. The quantitative estimate of drug-likeness (QED) is 0.405. The molecule has 5 unspecified atom stereocenters. The molecule has 1 saturated heterocycles. The molecular formula is C29H32O7. The van der Waals surface area contributed by atoms with Crippen LogP contribution in [0.2, 0.25) is 0 Å². The summed E-state index contributed by atoms with van der Waals surface area (Å²) in [5.74, 6) is -0.527. The van der Waals surface area contributed by atoms with Gasteiger partial charge in [-0.2, -0.15) is 0 Å². The summed E-state index contributed by atoms with van der Waals surface area (Å²) >= 11 is 0. The molecule has 1 aliphatic rings. The topological polar surface area (TPSA) is 83.5 Å². The summed E-state index contributed by atoms with van der Waals surface area (Å²) in [5, 5.41) is 11.3. The molecule has 3 aromatic rings. The Morgan fingerprint density at radius 2 is 1.25 bits per heavy atom. The number of hydrogen-bond acceptors (Lipinski definition) is 7. The molecule has 0 saturated carbocycles. The summed E-state index contributed by atoms with van der Waals surface area (Å²) in [4.78, 5) is 11.9. The molecule has 0 aromatic heterocycles. The van der Waals surface area contributed by atoms with Gasteiger partial charge in [0.1, 0.15) is 18.3 Å². The number of aliphatic hydroxyl groups is 1. The minimum absolute atomic E-state index is 0.0977. The fourth-order valence-corrected chi connectivity index (χ4v) is 4.06. The zero-order valence-corrected chi connectivity index (χ0v) is 20.3. The number of ether oxygens (including phenoxy) is 5. The minimum atomic E-state index is -1.18. The number of carbonyl (C=O) groups excluding carboxylic acids is 1. The normalized spacial score (nSPS) is 23.8. The van der Waals surface area contributed by atoms with Gasteiger partial charge in [0.05, 0.1) is 26.4 Å². The van der Waals surface area contributed by atoms with Crippen LogP contribution in [0.4, 0.5) is 0 Å². The SMILES string of the molecule is CC(=O)OC1C(COCc2ccccc2)OC(OCc2ccccc2)C(OCc2ccccc2)C1O. The van der Waals surface area contributed by atoms with E-state index in [1.165, 1.54) is 6.92 Å². The van der Waals surface area contributed by atoms with Crippen molar-refractivity contribution < 1.29 is 33.6 Å². The Kier molecular flexibility index (Phi) is 9.61. The van der Waals surface area contributed by atoms with E-state index in [0.717, 1.165) is 16.7 Å². The van der Waals surface area contributed by atoms with Crippen molar-refractivity contribution in [3.05, 3.63) is 108 Å². The monoisotopic (exact) mass is 492 g/mol. The lowest BCUT2D eigenvalue weighted by Crippen LogP contribution is -2.61. The van der Waals surface area contributed by atoms with Crippen LogP contribution in [0.1, 0.15) is 23.6 Å². The summed E-state index contributed by atoms with van der Waals surface area (Å²) in [6, 6.07) is 29.0. The highest BCUT2D eigenvalue weighted by atomic mass is 16.7. The molecule has 3 aromatic carbocycles. The highest BCUT2D eigenvalue weighted by molar-refractivity contribution is 5.66. The van der Waals surface area contributed by atoms with Crippen LogP contribution < -0.4 is 0 Å². The van der Waals surface area contributed by atoms with Crippen LogP contribution in [0.25, 0.3) is 0 Å². The van der Waals surface area contributed by atoms with Gasteiger partial charge >= 0.3 is 5.97 Å². The lowest BCUT2D eigenvalue weighted by Gasteiger charge is -2.43. The number of hydrogen-bond donors (Lipinski definition) is 1. The van der Waals surface area contributed by atoms with E-state index >= 15 is 0 Å². The molecule has 1 fully saturated rings. The summed E-state index contributed by atoms with van der Waals surface area (Å²) in [7, 11) is 0. The molecule has 1 N–H and O–H groups in total. The lowest BCUT2D eigenvalue weighted by atomic mass is 9.98. The van der Waals surface area contributed by atoms with E-state index in [1.54, 1.807) is 0 Å². The number of aliphatic hydroxyl groups excluding tert-OH is 1. The Morgan fingerprint density at radius 3 is 1.78 bits per heavy atom. The van der Waals surface area contributed by atoms with Crippen LogP contribution in [0, 0.1) is 0 Å². The number of benzene rings is 3. The Labute approximate surface area is 211 Å². The molecule has 0 radical (unpaired) electrons. The van der Waals surface area contributed by atoms with Crippen LogP contribution in [-0.4, -0.2) is 48.4 Å². The van der Waals surface area contributed by atoms with E-state index in [9.17, 15) is 9.90 Å². The maximum absolute atomic E-state index is 11.9. The van der Waals surface area contributed by atoms with Crippen LogP contribution in [0.15, 0.2) is 91.0 Å². The van der Waals surface area contributed by atoms with Crippen molar-refractivity contribution in [2.75, 3.05) is 6.61 Å². The molecule has 0 bridgehead atoms. The zero-order chi connectivity index (χ0) is 25.2. The van der Waals surface area contributed by atoms with Gasteiger partial charge in [-0.25, -0.2) is 0 Å². The molecule has 0 amide bonds. The highest BCUT2D eigenvalue weighted by Crippen LogP contribution is 2.29. The lowest BCUT2D eigenvalue weighted by molar-refractivity contribution is -0.318. The summed E-state index contributed by atoms with van der Waals surface area (Å²) in [6.45, 7) is 2.25. The Bertz CT molecular complexity index is 1040. The average molecular weight is 493 g/mol. The van der Waals surface area contributed by atoms with Crippen LogP contribution in [-0.2, 0) is 48.3 Å². The Balaban J connectivity index is 1.48. The van der Waals surface area contributed by atoms with Crippen LogP contribution in [0.5, 0.6) is 0 Å². The van der Waals surface area contributed by atoms with Gasteiger partial charge in [0.15, 0.2) is 12.4 Å². The number of carbonyl (C=O) groups is 1. The van der Waals surface area contributed by atoms with Crippen molar-refractivity contribution in [2.45, 2.75) is 57.5 Å². The van der Waals surface area contributed by atoms with E-state index in [-0.39, 0.29) is 19.8 Å². The van der Waals surface area contributed by atoms with Crippen molar-refractivity contribution in [3.63, 3.8) is 0 Å². The summed E-state index contributed by atoms with van der Waals surface area (Å²) in [5.41, 5.74) is 2.89. The Morgan fingerprint density at radius 1 is 0.750 bits per heavy atom. The van der Waals surface area contributed by atoms with Crippen molar-refractivity contribution in [2.24, 2.45) is 0 Å². The van der Waals surface area contributed by atoms with Gasteiger partial charge in [-0.05, 0) is 16.7 Å². The van der Waals surface area contributed by atoms with Crippen molar-refractivity contribution in [1.29, 1.82) is 0 Å². The molecule has 1 heterocycles. The second-order valence-corrected chi connectivity index (χ2v) is 8.67. The predicted octanol–water partition coefficient (Wildman–Crippen LogP) is 4.02. The van der Waals surface area contributed by atoms with Gasteiger partial charge in [-0.3, -0.25) is 4.79 Å². The van der Waals surface area contributed by atoms with Gasteiger partial charge in [0.2, 0.25) is 0 Å². The van der Waals surface area contributed by atoms with E-state index in [0.29, 0.717) is 6.61 Å². The molecule has 7 heteroatoms. The van der Waals surface area contributed by atoms with Gasteiger partial charge in [0, 0.05) is 6.92 Å². The maximum Gasteiger partial charge on any atom is 0.303 e. The van der Waals surface area contributed by atoms with Crippen LogP contribution in [0.3, 0.4) is 0 Å². The van der Waals surface area contributed by atoms with E-state index in [1.807, 2.05) is 91.0 Å². The van der Waals surface area contributed by atoms with Gasteiger partial charge in [-0.1, -0.05) is 91.0 Å². The molecule has 5 atom stereocenters. The molecule has 1 aliphatic heterocycles. The number of rotatable bonds is 11. The summed E-state index contributed by atoms with van der Waals surface area (Å²) in [6.07, 6.45) is -4.69. The van der Waals surface area contributed by atoms with E-state index < -0.39 is 36.7 Å². The van der Waals surface area contributed by atoms with Crippen molar-refractivity contribution in [1.82, 2.24) is 0 Å². The first-order chi connectivity index (χ1) is 17.6. The second kappa shape index (κ2) is 13.3. The summed E-state index contributed by atoms with van der Waals surface area (Å²) < 4.78 is 29.7. The molecule has 0 aliphatic carbocycles. The molecular weight excluding hydrogens is 460 g/mol. The molecule has 7 nitrogen and oxygen atoms in total. The largest absolute Gasteiger partial charge is 0.457 e. The first kappa shape index (κ1) is 26.0. The van der Waals surface area contributed by atoms with Crippen LogP contribution >= 0.6 is 0 Å². The molecule has 4 rings (SSSR count). The molecule has 36 heavy (non-hydrogen) atoms. The Hall–Kier alpha value is -3.07. The minimum Gasteiger partial charge on any atom is -0.457 e. The van der Waals surface area contributed by atoms with E-state index in [4.69, 9.17) is 23.7 Å². The van der Waals surface area contributed by atoms with Gasteiger partial charge < -0.3 is 28.8 Å². The average Bonchev–Trinajstić information content (AvgIpc) is 2.90. The van der Waals surface area contributed by atoms with Crippen molar-refractivity contribution in [3.8, 4) is 0 Å². The molecule has 0 spiro atoms. The zero-order valence-electron chi connectivity index (χ0n) is 20.3. The first-order valence-corrected chi connectivity index (χ1v) is 12.0. The standard InChI is InChI=1S/C29H32O7/c1-21(30)35-27-25(20-32-17-22-11-5-2-6-12-22)36-29(34-19-24-15-9-4-10-16-24)28(26(27)31)33-18-23-13-7-3-8-14-23/h2-16,25-29,31H,17-20H2,1H3. The molecule has 190 valence electrons. The third-order valence-electron chi connectivity index (χ3n) is 5.85. The maximum atomic E-state index is 11.9. The van der Waals surface area contributed by atoms with Gasteiger partial charge in [-0.15, -0.1) is 0 Å². The fraction of sp³-hybridized carbons (Fsp3) is 0.345. The van der Waals surface area contributed by atoms with Crippen molar-refractivity contribution >= 4 is 5.97 Å². The van der Waals surface area contributed by atoms with Gasteiger partial charge in [0.25, 0.3) is 0 Å². The third-order valence-corrected chi connectivity index (χ3v) is 5.85. The fourth-order valence-electron chi connectivity index (χ4n) is 4.06. The second-order valence-electron chi connectivity index (χ2n) is 8.67. The number of esters is 1.